The molecule has 1 saturated heterocycles. The largest absolute Gasteiger partial charge is 0.465 e. The Morgan fingerprint density at radius 2 is 1.92 bits per heavy atom. The van der Waals surface area contributed by atoms with E-state index in [2.05, 4.69) is 0 Å². The molecule has 10 heteroatoms. The molecule has 0 radical (unpaired) electrons. The fraction of sp³-hybridized carbons (Fsp3) is 0.562. The van der Waals surface area contributed by atoms with Gasteiger partial charge in [0, 0.05) is 19.2 Å². The van der Waals surface area contributed by atoms with E-state index in [-0.39, 0.29) is 27.8 Å². The second-order valence-electron chi connectivity index (χ2n) is 5.80. The smallest absolute Gasteiger partial charge is 0.316 e. The van der Waals surface area contributed by atoms with E-state index in [4.69, 9.17) is 4.74 Å². The highest BCUT2D eigenvalue weighted by molar-refractivity contribution is 8.00. The molecule has 0 aromatic heterocycles. The molecule has 1 aliphatic heterocycles. The Hall–Kier alpha value is -1.65. The SMILES string of the molecule is CCOC(=O)CSc1ccc(S(=O)(=O)N2CCCCCC2)cc1[N+](=O)[O-]. The van der Waals surface area contributed by atoms with Gasteiger partial charge in [-0.2, -0.15) is 4.31 Å². The average Bonchev–Trinajstić information content (AvgIpc) is 2.90. The summed E-state index contributed by atoms with van der Waals surface area (Å²) in [5.41, 5.74) is -0.324. The molecule has 0 bridgehead atoms. The highest BCUT2D eigenvalue weighted by Gasteiger charge is 2.28. The zero-order valence-electron chi connectivity index (χ0n) is 14.5. The lowest BCUT2D eigenvalue weighted by Crippen LogP contribution is -2.31. The van der Waals surface area contributed by atoms with Crippen LogP contribution in [0.15, 0.2) is 28.0 Å². The van der Waals surface area contributed by atoms with Crippen molar-refractivity contribution in [3.8, 4) is 0 Å². The fourth-order valence-corrected chi connectivity index (χ4v) is 5.03. The number of nitro groups is 1. The quantitative estimate of drug-likeness (QED) is 0.299. The Balaban J connectivity index is 2.26. The number of nitrogens with zero attached hydrogens (tertiary/aromatic N) is 2. The van der Waals surface area contributed by atoms with Crippen LogP contribution in [0.4, 0.5) is 5.69 Å². The molecule has 0 N–H and O–H groups in total. The molecule has 2 rings (SSSR count). The lowest BCUT2D eigenvalue weighted by molar-refractivity contribution is -0.388. The number of sulfonamides is 1. The molecule has 0 aliphatic carbocycles. The Morgan fingerprint density at radius 3 is 2.50 bits per heavy atom. The highest BCUT2D eigenvalue weighted by atomic mass is 32.2. The molecule has 0 unspecified atom stereocenters. The van der Waals surface area contributed by atoms with E-state index >= 15 is 0 Å². The minimum Gasteiger partial charge on any atom is -0.465 e. The van der Waals surface area contributed by atoms with Crippen molar-refractivity contribution < 1.29 is 22.9 Å². The number of carbonyl (C=O) groups is 1. The van der Waals surface area contributed by atoms with Crippen molar-refractivity contribution in [2.24, 2.45) is 0 Å². The van der Waals surface area contributed by atoms with Gasteiger partial charge in [0.15, 0.2) is 0 Å². The van der Waals surface area contributed by atoms with E-state index in [1.807, 2.05) is 0 Å². The summed E-state index contributed by atoms with van der Waals surface area (Å²) in [6.45, 7) is 2.76. The maximum Gasteiger partial charge on any atom is 0.316 e. The molecule has 1 aliphatic rings. The minimum absolute atomic E-state index is 0.0765. The molecular weight excluding hydrogens is 380 g/mol. The zero-order valence-corrected chi connectivity index (χ0v) is 16.2. The van der Waals surface area contributed by atoms with Gasteiger partial charge in [0.2, 0.25) is 10.0 Å². The molecule has 1 aromatic carbocycles. The van der Waals surface area contributed by atoms with E-state index in [0.29, 0.717) is 13.1 Å². The second-order valence-corrected chi connectivity index (χ2v) is 8.75. The summed E-state index contributed by atoms with van der Waals surface area (Å²) >= 11 is 0.957. The monoisotopic (exact) mass is 402 g/mol. The van der Waals surface area contributed by atoms with Crippen LogP contribution in [0.2, 0.25) is 0 Å². The number of esters is 1. The maximum atomic E-state index is 12.8. The van der Waals surface area contributed by atoms with E-state index in [1.165, 1.54) is 16.4 Å². The van der Waals surface area contributed by atoms with Crippen LogP contribution in [0.25, 0.3) is 0 Å². The molecule has 144 valence electrons. The summed E-state index contributed by atoms with van der Waals surface area (Å²) in [7, 11) is -3.77. The third-order valence-corrected chi connectivity index (χ3v) is 6.91. The first-order valence-corrected chi connectivity index (χ1v) is 10.9. The van der Waals surface area contributed by atoms with Gasteiger partial charge in [0.1, 0.15) is 0 Å². The fourth-order valence-electron chi connectivity index (χ4n) is 2.69. The molecule has 26 heavy (non-hydrogen) atoms. The molecule has 8 nitrogen and oxygen atoms in total. The normalized spacial score (nSPS) is 16.0. The molecule has 1 aromatic rings. The van der Waals surface area contributed by atoms with Gasteiger partial charge in [0.05, 0.1) is 27.1 Å². The van der Waals surface area contributed by atoms with Gasteiger partial charge >= 0.3 is 5.97 Å². The Morgan fingerprint density at radius 1 is 1.27 bits per heavy atom. The molecule has 0 amide bonds. The van der Waals surface area contributed by atoms with E-state index in [0.717, 1.165) is 43.5 Å². The van der Waals surface area contributed by atoms with Gasteiger partial charge in [-0.15, -0.1) is 11.8 Å². The first-order valence-electron chi connectivity index (χ1n) is 8.43. The van der Waals surface area contributed by atoms with Crippen LogP contribution < -0.4 is 0 Å². The van der Waals surface area contributed by atoms with Crippen molar-refractivity contribution in [3.05, 3.63) is 28.3 Å². The summed E-state index contributed by atoms with van der Waals surface area (Å²) in [5, 5.41) is 11.4. The van der Waals surface area contributed by atoms with Crippen molar-refractivity contribution in [2.45, 2.75) is 42.4 Å². The van der Waals surface area contributed by atoms with Crippen molar-refractivity contribution >= 4 is 33.4 Å². The standard InChI is InChI=1S/C16H22N2O6S2/c1-2-24-16(19)12-25-15-8-7-13(11-14(15)18(20)21)26(22,23)17-9-5-3-4-6-10-17/h7-8,11H,2-6,9-10,12H2,1H3. The van der Waals surface area contributed by atoms with E-state index in [9.17, 15) is 23.3 Å². The average molecular weight is 402 g/mol. The number of nitro benzene ring substituents is 1. The third kappa shape index (κ3) is 5.18. The number of rotatable bonds is 7. The number of carbonyl (C=O) groups excluding carboxylic acids is 1. The van der Waals surface area contributed by atoms with Gasteiger partial charge in [-0.3, -0.25) is 14.9 Å². The molecular formula is C16H22N2O6S2. The van der Waals surface area contributed by atoms with Crippen molar-refractivity contribution in [1.82, 2.24) is 4.31 Å². The maximum absolute atomic E-state index is 12.8. The topological polar surface area (TPSA) is 107 Å². The van der Waals surface area contributed by atoms with Gasteiger partial charge in [0.25, 0.3) is 5.69 Å². The minimum atomic E-state index is -3.77. The lowest BCUT2D eigenvalue weighted by Gasteiger charge is -2.20. The number of ether oxygens (including phenoxy) is 1. The van der Waals surface area contributed by atoms with E-state index in [1.54, 1.807) is 6.92 Å². The summed E-state index contributed by atoms with van der Waals surface area (Å²) < 4.78 is 31.8. The van der Waals surface area contributed by atoms with E-state index < -0.39 is 20.9 Å². The highest BCUT2D eigenvalue weighted by Crippen LogP contribution is 2.32. The number of thioether (sulfide) groups is 1. The van der Waals surface area contributed by atoms with Crippen LogP contribution in [0.1, 0.15) is 32.6 Å². The van der Waals surface area contributed by atoms with Gasteiger partial charge in [-0.25, -0.2) is 8.42 Å². The zero-order chi connectivity index (χ0) is 19.2. The Kier molecular flexibility index (Phi) is 7.42. The number of hydrogen-bond acceptors (Lipinski definition) is 7. The van der Waals surface area contributed by atoms with Crippen LogP contribution in [0.5, 0.6) is 0 Å². The summed E-state index contributed by atoms with van der Waals surface area (Å²) in [6, 6.07) is 3.82. The van der Waals surface area contributed by atoms with Crippen LogP contribution in [-0.2, 0) is 19.6 Å². The lowest BCUT2D eigenvalue weighted by atomic mass is 10.2. The summed E-state index contributed by atoms with van der Waals surface area (Å²) in [5.74, 6) is -0.555. The molecule has 1 heterocycles. The summed E-state index contributed by atoms with van der Waals surface area (Å²) in [6.07, 6.45) is 3.54. The Bertz CT molecular complexity index is 758. The first-order chi connectivity index (χ1) is 12.4. The number of hydrogen-bond donors (Lipinski definition) is 0. The number of benzene rings is 1. The first kappa shape index (κ1) is 20.7. The van der Waals surface area contributed by atoms with Crippen molar-refractivity contribution in [3.63, 3.8) is 0 Å². The van der Waals surface area contributed by atoms with Gasteiger partial charge in [-0.1, -0.05) is 12.8 Å². The predicted octanol–water partition coefficient (Wildman–Crippen LogP) is 2.81. The van der Waals surface area contributed by atoms with Gasteiger partial charge in [-0.05, 0) is 31.9 Å². The van der Waals surface area contributed by atoms with Crippen LogP contribution in [-0.4, -0.2) is 49.1 Å². The third-order valence-electron chi connectivity index (χ3n) is 3.98. The molecule has 0 spiro atoms. The Labute approximate surface area is 157 Å². The van der Waals surface area contributed by atoms with Gasteiger partial charge < -0.3 is 4.74 Å². The molecule has 0 atom stereocenters. The van der Waals surface area contributed by atoms with Crippen LogP contribution >= 0.6 is 11.8 Å². The predicted molar refractivity (Wildman–Crippen MR) is 97.7 cm³/mol. The summed E-state index contributed by atoms with van der Waals surface area (Å²) in [4.78, 5) is 22.3. The molecule has 1 fully saturated rings. The van der Waals surface area contributed by atoms with Crippen LogP contribution in [0, 0.1) is 10.1 Å². The second kappa shape index (κ2) is 9.33. The van der Waals surface area contributed by atoms with Crippen LogP contribution in [0.3, 0.4) is 0 Å². The molecule has 0 saturated carbocycles. The van der Waals surface area contributed by atoms with Crippen molar-refractivity contribution in [2.75, 3.05) is 25.4 Å². The van der Waals surface area contributed by atoms with Crippen molar-refractivity contribution in [1.29, 1.82) is 0 Å².